The molecule has 0 atom stereocenters. The van der Waals surface area contributed by atoms with E-state index in [1.807, 2.05) is 54.8 Å². The second-order valence-electron chi connectivity index (χ2n) is 11.3. The van der Waals surface area contributed by atoms with E-state index in [2.05, 4.69) is 19.9 Å². The van der Waals surface area contributed by atoms with Crippen LogP contribution in [0.3, 0.4) is 0 Å². The number of methoxy groups -OCH3 is 1. The molecule has 2 aliphatic rings. The Kier molecular flexibility index (Phi) is 9.38. The largest absolute Gasteiger partial charge is 0.496 e. The predicted molar refractivity (Wildman–Crippen MR) is 158 cm³/mol. The number of allylic oxidation sites excluding steroid dienone is 4. The molecular formula is C32H44N4O4. The number of fused-ring (bicyclic) bond motifs is 3. The van der Waals surface area contributed by atoms with E-state index in [0.29, 0.717) is 31.1 Å². The molecule has 2 amide bonds. The van der Waals surface area contributed by atoms with Crippen molar-refractivity contribution >= 4 is 17.5 Å². The monoisotopic (exact) mass is 548 g/mol. The van der Waals surface area contributed by atoms with E-state index in [-0.39, 0.29) is 24.3 Å². The fourth-order valence-corrected chi connectivity index (χ4v) is 5.44. The van der Waals surface area contributed by atoms with Gasteiger partial charge in [-0.3, -0.25) is 9.59 Å². The van der Waals surface area contributed by atoms with Gasteiger partial charge in [-0.15, -0.1) is 0 Å². The number of carbonyl (C=O) groups excluding carboxylic acids is 2. The summed E-state index contributed by atoms with van der Waals surface area (Å²) in [4.78, 5) is 29.8. The van der Waals surface area contributed by atoms with E-state index in [1.165, 1.54) is 0 Å². The lowest BCUT2D eigenvalue weighted by atomic mass is 9.84. The topological polar surface area (TPSA) is 76.9 Å². The van der Waals surface area contributed by atoms with E-state index >= 15 is 0 Å². The molecule has 0 unspecified atom stereocenters. The van der Waals surface area contributed by atoms with E-state index < -0.39 is 0 Å². The summed E-state index contributed by atoms with van der Waals surface area (Å²) in [5, 5.41) is 4.88. The molecule has 2 aromatic rings. The zero-order valence-electron chi connectivity index (χ0n) is 25.1. The summed E-state index contributed by atoms with van der Waals surface area (Å²) < 4.78 is 13.8. The van der Waals surface area contributed by atoms with Crippen molar-refractivity contribution in [3.8, 4) is 22.8 Å². The first-order valence-corrected chi connectivity index (χ1v) is 14.5. The van der Waals surface area contributed by atoms with Crippen LogP contribution in [-0.2, 0) is 17.8 Å². The number of benzene rings is 1. The highest BCUT2D eigenvalue weighted by atomic mass is 16.5. The molecule has 1 saturated carbocycles. The molecular weight excluding hydrogens is 504 g/mol. The molecule has 1 aromatic carbocycles. The Morgan fingerprint density at radius 1 is 1.18 bits per heavy atom. The van der Waals surface area contributed by atoms with Crippen LogP contribution in [0.15, 0.2) is 30.4 Å². The molecule has 1 aliphatic carbocycles. The minimum atomic E-state index is -0.151. The summed E-state index contributed by atoms with van der Waals surface area (Å²) >= 11 is 0. The van der Waals surface area contributed by atoms with Crippen molar-refractivity contribution in [1.29, 1.82) is 0 Å². The number of aromatic nitrogens is 2. The van der Waals surface area contributed by atoms with Crippen LogP contribution in [0.2, 0.25) is 0 Å². The molecule has 1 fully saturated rings. The first kappa shape index (κ1) is 29.4. The van der Waals surface area contributed by atoms with Crippen molar-refractivity contribution < 1.29 is 19.1 Å². The van der Waals surface area contributed by atoms with Crippen LogP contribution >= 0.6 is 0 Å². The maximum absolute atomic E-state index is 13.8. The molecule has 4 rings (SSSR count). The third-order valence-electron chi connectivity index (χ3n) is 7.87. The molecule has 0 spiro atoms. The van der Waals surface area contributed by atoms with E-state index in [1.54, 1.807) is 19.1 Å². The summed E-state index contributed by atoms with van der Waals surface area (Å²) in [5.74, 6) is 2.23. The first-order valence-electron chi connectivity index (χ1n) is 14.5. The molecule has 8 heteroatoms. The van der Waals surface area contributed by atoms with Crippen LogP contribution in [0, 0.1) is 11.8 Å². The maximum Gasteiger partial charge on any atom is 0.274 e. The number of amides is 2. The second kappa shape index (κ2) is 12.7. The minimum absolute atomic E-state index is 0.151. The highest BCUT2D eigenvalue weighted by Gasteiger charge is 2.33. The summed E-state index contributed by atoms with van der Waals surface area (Å²) in [5.41, 5.74) is 4.94. The van der Waals surface area contributed by atoms with Gasteiger partial charge in [-0.05, 0) is 63.2 Å². The highest BCUT2D eigenvalue weighted by Crippen LogP contribution is 2.44. The Morgan fingerprint density at radius 3 is 2.50 bits per heavy atom. The van der Waals surface area contributed by atoms with Gasteiger partial charge in [0.1, 0.15) is 18.1 Å². The standard InChI is InChI=1S/C32H44N4O4/c1-8-12-24(9-2)36-30-25-18-23(17-21(3)4)27(39-7)19-28(25)40-20-26(30)29(33-36)32(38)35(6)16-11-15-34(5)31(37)22-13-10-14-22/h8-9,12,18-19,21-22H,10-11,13-17,20H2,1-7H3/b12-8-,24-9+. The lowest BCUT2D eigenvalue weighted by Crippen LogP contribution is -2.38. The Hall–Kier alpha value is -3.55. The van der Waals surface area contributed by atoms with Crippen LogP contribution in [0.25, 0.3) is 17.0 Å². The zero-order valence-corrected chi connectivity index (χ0v) is 25.1. The fraction of sp³-hybridized carbons (Fsp3) is 0.531. The molecule has 0 bridgehead atoms. The summed E-state index contributed by atoms with van der Waals surface area (Å²) in [6.07, 6.45) is 10.6. The van der Waals surface area contributed by atoms with E-state index in [0.717, 1.165) is 65.3 Å². The smallest absolute Gasteiger partial charge is 0.274 e. The number of hydrogen-bond donors (Lipinski definition) is 0. The number of hydrogen-bond acceptors (Lipinski definition) is 5. The van der Waals surface area contributed by atoms with Crippen LogP contribution in [0.1, 0.15) is 75.0 Å². The molecule has 0 radical (unpaired) electrons. The van der Waals surface area contributed by atoms with Gasteiger partial charge in [0.2, 0.25) is 5.91 Å². The van der Waals surface area contributed by atoms with Crippen LogP contribution < -0.4 is 9.47 Å². The Bertz CT molecular complexity index is 1300. The van der Waals surface area contributed by atoms with Crippen LogP contribution in [-0.4, -0.2) is 65.7 Å². The molecule has 8 nitrogen and oxygen atoms in total. The highest BCUT2D eigenvalue weighted by molar-refractivity contribution is 5.97. The number of rotatable bonds is 11. The van der Waals surface area contributed by atoms with Crippen molar-refractivity contribution in [3.63, 3.8) is 0 Å². The molecule has 2 heterocycles. The average Bonchev–Trinajstić information content (AvgIpc) is 3.29. The van der Waals surface area contributed by atoms with Gasteiger partial charge in [-0.1, -0.05) is 32.4 Å². The molecule has 1 aromatic heterocycles. The zero-order chi connectivity index (χ0) is 29.0. The Labute approximate surface area is 238 Å². The van der Waals surface area contributed by atoms with Gasteiger partial charge in [0.05, 0.1) is 18.5 Å². The Morgan fingerprint density at radius 2 is 1.90 bits per heavy atom. The quantitative estimate of drug-likeness (QED) is 0.332. The number of carbonyl (C=O) groups is 2. The van der Waals surface area contributed by atoms with E-state index in [9.17, 15) is 9.59 Å². The van der Waals surface area contributed by atoms with Gasteiger partial charge < -0.3 is 19.3 Å². The summed E-state index contributed by atoms with van der Waals surface area (Å²) in [7, 11) is 5.34. The lowest BCUT2D eigenvalue weighted by Gasteiger charge is -2.29. The van der Waals surface area contributed by atoms with Crippen molar-refractivity contribution in [2.75, 3.05) is 34.3 Å². The minimum Gasteiger partial charge on any atom is -0.496 e. The normalized spacial score (nSPS) is 14.9. The summed E-state index contributed by atoms with van der Waals surface area (Å²) in [6.45, 7) is 9.70. The molecule has 216 valence electrons. The summed E-state index contributed by atoms with van der Waals surface area (Å²) in [6, 6.07) is 4.08. The van der Waals surface area contributed by atoms with Gasteiger partial charge in [-0.2, -0.15) is 5.10 Å². The number of nitrogens with zero attached hydrogens (tertiary/aromatic N) is 4. The van der Waals surface area contributed by atoms with E-state index in [4.69, 9.17) is 14.6 Å². The van der Waals surface area contributed by atoms with Crippen molar-refractivity contribution in [2.24, 2.45) is 11.8 Å². The van der Waals surface area contributed by atoms with Crippen LogP contribution in [0.5, 0.6) is 11.5 Å². The first-order chi connectivity index (χ1) is 19.2. The Balaban J connectivity index is 1.65. The molecule has 1 aliphatic heterocycles. The van der Waals surface area contributed by atoms with Gasteiger partial charge in [-0.25, -0.2) is 4.68 Å². The van der Waals surface area contributed by atoms with Crippen LogP contribution in [0.4, 0.5) is 0 Å². The SMILES string of the molecule is C/C=C\C(=C/C)n1nc(C(=O)N(C)CCCN(C)C(=O)C2CCC2)c2c1-c1cc(CC(C)C)c(OC)cc1OC2. The van der Waals surface area contributed by atoms with Gasteiger partial charge >= 0.3 is 0 Å². The fourth-order valence-electron chi connectivity index (χ4n) is 5.44. The second-order valence-corrected chi connectivity index (χ2v) is 11.3. The van der Waals surface area contributed by atoms with Gasteiger partial charge in [0.25, 0.3) is 5.91 Å². The molecule has 40 heavy (non-hydrogen) atoms. The number of ether oxygens (including phenoxy) is 2. The molecule has 0 saturated heterocycles. The third-order valence-corrected chi connectivity index (χ3v) is 7.87. The van der Waals surface area contributed by atoms with Gasteiger partial charge in [0, 0.05) is 50.3 Å². The maximum atomic E-state index is 13.8. The van der Waals surface area contributed by atoms with Crippen molar-refractivity contribution in [1.82, 2.24) is 19.6 Å². The van der Waals surface area contributed by atoms with Crippen molar-refractivity contribution in [3.05, 3.63) is 47.2 Å². The van der Waals surface area contributed by atoms with Crippen molar-refractivity contribution in [2.45, 2.75) is 66.4 Å². The average molecular weight is 549 g/mol. The molecule has 0 N–H and O–H groups in total. The third kappa shape index (κ3) is 5.96. The lowest BCUT2D eigenvalue weighted by molar-refractivity contribution is -0.136. The predicted octanol–water partition coefficient (Wildman–Crippen LogP) is 5.81. The van der Waals surface area contributed by atoms with Gasteiger partial charge in [0.15, 0.2) is 5.69 Å².